The van der Waals surface area contributed by atoms with E-state index in [4.69, 9.17) is 0 Å². The summed E-state index contributed by atoms with van der Waals surface area (Å²) in [6.45, 7) is 2.71. The highest BCUT2D eigenvalue weighted by Gasteiger charge is 2.25. The maximum Gasteiger partial charge on any atom is 0.328 e. The second-order valence-electron chi connectivity index (χ2n) is 4.80. The van der Waals surface area contributed by atoms with Gasteiger partial charge in [-0.3, -0.25) is 9.59 Å². The molecule has 0 spiro atoms. The molecule has 1 rings (SSSR count). The third-order valence-corrected chi connectivity index (χ3v) is 2.99. The fourth-order valence-electron chi connectivity index (χ4n) is 1.89. The second kappa shape index (κ2) is 8.11. The Morgan fingerprint density at radius 1 is 1.23 bits per heavy atom. The van der Waals surface area contributed by atoms with Crippen LogP contribution in [-0.4, -0.2) is 37.0 Å². The summed E-state index contributed by atoms with van der Waals surface area (Å²) in [4.78, 5) is 34.7. The van der Waals surface area contributed by atoms with E-state index in [0.29, 0.717) is 5.56 Å². The molecular weight excluding hydrogens is 291 g/mol. The molecule has 0 aliphatic rings. The van der Waals surface area contributed by atoms with Crippen molar-refractivity contribution in [1.29, 1.82) is 0 Å². The Morgan fingerprint density at radius 3 is 2.41 bits per heavy atom. The number of methoxy groups -OCH3 is 1. The Morgan fingerprint density at radius 2 is 1.86 bits per heavy atom. The van der Waals surface area contributed by atoms with E-state index in [-0.39, 0.29) is 6.42 Å². The zero-order valence-electron chi connectivity index (χ0n) is 12.7. The van der Waals surface area contributed by atoms with Crippen LogP contribution in [0.5, 0.6) is 0 Å². The minimum Gasteiger partial charge on any atom is -0.467 e. The highest BCUT2D eigenvalue weighted by molar-refractivity contribution is 5.90. The van der Waals surface area contributed by atoms with Gasteiger partial charge >= 0.3 is 5.97 Å². The van der Waals surface area contributed by atoms with Crippen molar-refractivity contribution < 1.29 is 23.5 Å². The van der Waals surface area contributed by atoms with Crippen LogP contribution in [0.3, 0.4) is 0 Å². The van der Waals surface area contributed by atoms with Crippen LogP contribution in [0, 0.1) is 5.82 Å². The molecule has 2 amide bonds. The number of amides is 2. The number of esters is 1. The second-order valence-corrected chi connectivity index (χ2v) is 4.80. The smallest absolute Gasteiger partial charge is 0.328 e. The molecule has 1 aromatic rings. The average Bonchev–Trinajstić information content (AvgIpc) is 2.47. The number of carbonyl (C=O) groups is 3. The van der Waals surface area contributed by atoms with E-state index in [1.165, 1.54) is 39.2 Å². The van der Waals surface area contributed by atoms with E-state index in [2.05, 4.69) is 15.4 Å². The number of carbonyl (C=O) groups excluding carboxylic acids is 3. The monoisotopic (exact) mass is 310 g/mol. The first-order valence-corrected chi connectivity index (χ1v) is 6.73. The molecule has 0 fully saturated rings. The third kappa shape index (κ3) is 5.16. The number of halogens is 1. The lowest BCUT2D eigenvalue weighted by Crippen LogP contribution is -2.51. The van der Waals surface area contributed by atoms with Gasteiger partial charge in [0.2, 0.25) is 11.8 Å². The molecule has 0 bridgehead atoms. The minimum absolute atomic E-state index is 0.0218. The molecule has 0 aromatic heterocycles. The van der Waals surface area contributed by atoms with Crippen LogP contribution in [-0.2, 0) is 25.5 Å². The number of nitrogens with one attached hydrogen (secondary N) is 2. The normalized spacial score (nSPS) is 12.9. The summed E-state index contributed by atoms with van der Waals surface area (Å²) in [7, 11) is 1.20. The molecule has 0 aliphatic carbocycles. The Balaban J connectivity index is 2.84. The molecule has 6 nitrogen and oxygen atoms in total. The molecule has 0 saturated heterocycles. The van der Waals surface area contributed by atoms with Crippen molar-refractivity contribution in [3.05, 3.63) is 35.6 Å². The summed E-state index contributed by atoms with van der Waals surface area (Å²) in [6, 6.07) is 4.12. The van der Waals surface area contributed by atoms with Gasteiger partial charge in [0.15, 0.2) is 0 Å². The van der Waals surface area contributed by atoms with Gasteiger partial charge in [-0.25, -0.2) is 9.18 Å². The highest BCUT2D eigenvalue weighted by Crippen LogP contribution is 2.09. The van der Waals surface area contributed by atoms with Crippen molar-refractivity contribution in [3.63, 3.8) is 0 Å². The molecule has 22 heavy (non-hydrogen) atoms. The van der Waals surface area contributed by atoms with Crippen LogP contribution >= 0.6 is 0 Å². The molecule has 1 aromatic carbocycles. The van der Waals surface area contributed by atoms with Crippen LogP contribution in [0.2, 0.25) is 0 Å². The fourth-order valence-corrected chi connectivity index (χ4v) is 1.89. The lowest BCUT2D eigenvalue weighted by atomic mass is 10.0. The van der Waals surface area contributed by atoms with E-state index in [1.54, 1.807) is 6.07 Å². The van der Waals surface area contributed by atoms with Gasteiger partial charge in [0.25, 0.3) is 0 Å². The Hall–Kier alpha value is -2.44. The molecule has 0 heterocycles. The third-order valence-electron chi connectivity index (χ3n) is 2.99. The Bertz CT molecular complexity index is 562. The first-order valence-electron chi connectivity index (χ1n) is 6.73. The Kier molecular flexibility index (Phi) is 6.49. The van der Waals surface area contributed by atoms with Crippen molar-refractivity contribution in [1.82, 2.24) is 10.6 Å². The molecule has 7 heteroatoms. The number of ether oxygens (including phenoxy) is 1. The molecule has 2 N–H and O–H groups in total. The quantitative estimate of drug-likeness (QED) is 0.752. The van der Waals surface area contributed by atoms with Gasteiger partial charge in [-0.05, 0) is 18.6 Å². The highest BCUT2D eigenvalue weighted by atomic mass is 19.1. The van der Waals surface area contributed by atoms with Crippen molar-refractivity contribution in [2.24, 2.45) is 0 Å². The van der Waals surface area contributed by atoms with Crippen LogP contribution in [0.25, 0.3) is 0 Å². The van der Waals surface area contributed by atoms with Crippen molar-refractivity contribution >= 4 is 17.8 Å². The van der Waals surface area contributed by atoms with Gasteiger partial charge in [-0.15, -0.1) is 0 Å². The van der Waals surface area contributed by atoms with Crippen molar-refractivity contribution in [3.8, 4) is 0 Å². The van der Waals surface area contributed by atoms with E-state index in [1.807, 2.05) is 0 Å². The van der Waals surface area contributed by atoms with Crippen LogP contribution in [0.4, 0.5) is 4.39 Å². The fraction of sp³-hybridized carbons (Fsp3) is 0.400. The summed E-state index contributed by atoms with van der Waals surface area (Å²) in [6.07, 6.45) is -0.0218. The van der Waals surface area contributed by atoms with Gasteiger partial charge < -0.3 is 15.4 Å². The summed E-state index contributed by atoms with van der Waals surface area (Å²) >= 11 is 0. The summed E-state index contributed by atoms with van der Waals surface area (Å²) in [5.41, 5.74) is 0.294. The first kappa shape index (κ1) is 17.6. The van der Waals surface area contributed by atoms with Crippen molar-refractivity contribution in [2.45, 2.75) is 32.4 Å². The van der Waals surface area contributed by atoms with E-state index in [0.717, 1.165) is 0 Å². The molecule has 2 atom stereocenters. The Labute approximate surface area is 128 Å². The number of hydrogen-bond donors (Lipinski definition) is 2. The summed E-state index contributed by atoms with van der Waals surface area (Å²) in [5, 5.41) is 4.87. The predicted molar refractivity (Wildman–Crippen MR) is 77.3 cm³/mol. The topological polar surface area (TPSA) is 84.5 Å². The predicted octanol–water partition coefficient (Wildman–Crippen LogP) is 0.551. The molecule has 0 unspecified atom stereocenters. The van der Waals surface area contributed by atoms with E-state index >= 15 is 0 Å². The summed E-state index contributed by atoms with van der Waals surface area (Å²) < 4.78 is 18.2. The SMILES string of the molecule is COC(=O)[C@@H](C)NC(=O)[C@@H](Cc1ccccc1F)NC(C)=O. The number of rotatable bonds is 6. The van der Waals surface area contributed by atoms with Crippen LogP contribution in [0.1, 0.15) is 19.4 Å². The van der Waals surface area contributed by atoms with Gasteiger partial charge in [-0.2, -0.15) is 0 Å². The molecule has 0 saturated carbocycles. The minimum atomic E-state index is -0.985. The van der Waals surface area contributed by atoms with Gasteiger partial charge in [0, 0.05) is 13.3 Å². The maximum atomic E-state index is 13.7. The lowest BCUT2D eigenvalue weighted by molar-refractivity contribution is -0.144. The number of benzene rings is 1. The lowest BCUT2D eigenvalue weighted by Gasteiger charge is -2.20. The van der Waals surface area contributed by atoms with Gasteiger partial charge in [0.1, 0.15) is 17.9 Å². The summed E-state index contributed by atoms with van der Waals surface area (Å²) in [5.74, 6) is -2.09. The maximum absolute atomic E-state index is 13.7. The molecule has 0 aliphatic heterocycles. The van der Waals surface area contributed by atoms with E-state index in [9.17, 15) is 18.8 Å². The molecular formula is C15H19FN2O4. The van der Waals surface area contributed by atoms with Crippen LogP contribution in [0.15, 0.2) is 24.3 Å². The zero-order chi connectivity index (χ0) is 16.7. The molecule has 120 valence electrons. The standard InChI is InChI=1S/C15H19FN2O4/c1-9(15(21)22-3)17-14(20)13(18-10(2)19)8-11-6-4-5-7-12(11)16/h4-7,9,13H,8H2,1-3H3,(H,17,20)(H,18,19)/t9-,13-/m1/s1. The first-order chi connectivity index (χ1) is 10.3. The molecule has 0 radical (unpaired) electrons. The van der Waals surface area contributed by atoms with Gasteiger partial charge in [0.05, 0.1) is 7.11 Å². The van der Waals surface area contributed by atoms with Gasteiger partial charge in [-0.1, -0.05) is 18.2 Å². The average molecular weight is 310 g/mol. The van der Waals surface area contributed by atoms with E-state index < -0.39 is 35.7 Å². The number of hydrogen-bond acceptors (Lipinski definition) is 4. The van der Waals surface area contributed by atoms with Crippen molar-refractivity contribution in [2.75, 3.05) is 7.11 Å². The van der Waals surface area contributed by atoms with Crippen LogP contribution < -0.4 is 10.6 Å². The zero-order valence-corrected chi connectivity index (χ0v) is 12.7. The largest absolute Gasteiger partial charge is 0.467 e.